The third-order valence-corrected chi connectivity index (χ3v) is 3.23. The minimum atomic E-state index is -4.41. The Morgan fingerprint density at radius 3 is 2.65 bits per heavy atom. The van der Waals surface area contributed by atoms with E-state index in [2.05, 4.69) is 10.3 Å². The van der Waals surface area contributed by atoms with Crippen LogP contribution in [-0.4, -0.2) is 21.3 Å². The zero-order valence-electron chi connectivity index (χ0n) is 10.3. The molecule has 20 heavy (non-hydrogen) atoms. The Hall–Kier alpha value is -2.18. The largest absolute Gasteiger partial charge is 0.416 e. The first-order chi connectivity index (χ1) is 9.50. The Balaban J connectivity index is 2.09. The van der Waals surface area contributed by atoms with Crippen molar-refractivity contribution < 1.29 is 18.0 Å². The van der Waals surface area contributed by atoms with Gasteiger partial charge >= 0.3 is 6.18 Å². The van der Waals surface area contributed by atoms with Crippen LogP contribution in [0.2, 0.25) is 0 Å². The summed E-state index contributed by atoms with van der Waals surface area (Å²) in [6.45, 7) is 0. The van der Waals surface area contributed by atoms with E-state index in [-0.39, 0.29) is 17.3 Å². The molecule has 0 aliphatic heterocycles. The van der Waals surface area contributed by atoms with E-state index >= 15 is 0 Å². The fraction of sp³-hybridized carbons (Fsp3) is 0.308. The quantitative estimate of drug-likeness (QED) is 0.813. The van der Waals surface area contributed by atoms with Gasteiger partial charge in [0, 0.05) is 5.92 Å². The monoisotopic (exact) mass is 281 g/mol. The zero-order chi connectivity index (χ0) is 14.3. The van der Waals surface area contributed by atoms with Gasteiger partial charge in [-0.05, 0) is 31.0 Å². The number of carbonyl (C=O) groups is 1. The van der Waals surface area contributed by atoms with Crippen LogP contribution in [0.15, 0.2) is 24.3 Å². The van der Waals surface area contributed by atoms with Crippen LogP contribution in [0.1, 0.15) is 40.5 Å². The summed E-state index contributed by atoms with van der Waals surface area (Å²) in [4.78, 5) is 10.9. The minimum absolute atomic E-state index is 0.153. The van der Waals surface area contributed by atoms with Crippen molar-refractivity contribution in [2.75, 3.05) is 0 Å². The Kier molecular flexibility index (Phi) is 2.84. The lowest BCUT2D eigenvalue weighted by Crippen LogP contribution is -2.08. The Morgan fingerprint density at radius 1 is 1.30 bits per heavy atom. The number of aromatic nitrogens is 3. The van der Waals surface area contributed by atoms with Gasteiger partial charge in [0.25, 0.3) is 0 Å². The number of halogens is 3. The molecule has 3 rings (SSSR count). The summed E-state index contributed by atoms with van der Waals surface area (Å²) >= 11 is 0. The van der Waals surface area contributed by atoms with E-state index in [0.29, 0.717) is 12.0 Å². The predicted octanol–water partition coefficient (Wildman–Crippen LogP) is 2.98. The summed E-state index contributed by atoms with van der Waals surface area (Å²) in [5, 5.41) is 7.54. The number of hydrogen-bond donors (Lipinski definition) is 0. The highest BCUT2D eigenvalue weighted by Gasteiger charge is 2.33. The smallest absolute Gasteiger partial charge is 0.296 e. The van der Waals surface area contributed by atoms with Crippen molar-refractivity contribution in [2.45, 2.75) is 24.9 Å². The van der Waals surface area contributed by atoms with E-state index in [1.807, 2.05) is 0 Å². The van der Waals surface area contributed by atoms with Crippen LogP contribution >= 0.6 is 0 Å². The maximum atomic E-state index is 12.7. The van der Waals surface area contributed by atoms with Gasteiger partial charge in [0.2, 0.25) is 0 Å². The second-order valence-corrected chi connectivity index (χ2v) is 4.71. The summed E-state index contributed by atoms with van der Waals surface area (Å²) in [7, 11) is 0. The molecule has 0 bridgehead atoms. The molecule has 0 atom stereocenters. The first kappa shape index (κ1) is 12.8. The second kappa shape index (κ2) is 4.43. The lowest BCUT2D eigenvalue weighted by Gasteiger charge is -2.10. The molecule has 1 saturated carbocycles. The van der Waals surface area contributed by atoms with E-state index in [1.54, 1.807) is 0 Å². The van der Waals surface area contributed by atoms with E-state index in [9.17, 15) is 18.0 Å². The van der Waals surface area contributed by atoms with Crippen LogP contribution in [0.4, 0.5) is 13.2 Å². The number of carbonyl (C=O) groups excluding carboxylic acids is 1. The first-order valence-corrected chi connectivity index (χ1v) is 6.09. The van der Waals surface area contributed by atoms with Crippen LogP contribution < -0.4 is 0 Å². The molecule has 7 heteroatoms. The molecule has 0 spiro atoms. The van der Waals surface area contributed by atoms with Gasteiger partial charge in [0.05, 0.1) is 16.9 Å². The third-order valence-electron chi connectivity index (χ3n) is 3.23. The Labute approximate surface area is 112 Å². The first-order valence-electron chi connectivity index (χ1n) is 6.09. The molecule has 0 saturated heterocycles. The van der Waals surface area contributed by atoms with Gasteiger partial charge in [-0.25, -0.2) is 4.68 Å². The van der Waals surface area contributed by atoms with Crippen LogP contribution in [0.3, 0.4) is 0 Å². The van der Waals surface area contributed by atoms with Gasteiger partial charge < -0.3 is 0 Å². The SMILES string of the molecule is O=Cc1nnn(-c2cccc(C(F)(F)F)c2)c1C1CC1. The van der Waals surface area contributed by atoms with Gasteiger partial charge in [0.15, 0.2) is 6.29 Å². The highest BCUT2D eigenvalue weighted by Crippen LogP contribution is 2.41. The molecule has 1 heterocycles. The van der Waals surface area contributed by atoms with Crippen molar-refractivity contribution >= 4 is 6.29 Å². The zero-order valence-corrected chi connectivity index (χ0v) is 10.3. The summed E-state index contributed by atoms with van der Waals surface area (Å²) in [6.07, 6.45) is -2.03. The molecule has 1 aliphatic rings. The Bertz CT molecular complexity index is 659. The van der Waals surface area contributed by atoms with Crippen LogP contribution in [0, 0.1) is 0 Å². The maximum Gasteiger partial charge on any atom is 0.416 e. The average molecular weight is 281 g/mol. The molecule has 0 unspecified atom stereocenters. The second-order valence-electron chi connectivity index (χ2n) is 4.71. The predicted molar refractivity (Wildman–Crippen MR) is 63.7 cm³/mol. The lowest BCUT2D eigenvalue weighted by molar-refractivity contribution is -0.137. The number of alkyl halides is 3. The topological polar surface area (TPSA) is 47.8 Å². The van der Waals surface area contributed by atoms with Gasteiger partial charge in [-0.3, -0.25) is 4.79 Å². The normalized spacial score (nSPS) is 15.3. The minimum Gasteiger partial charge on any atom is -0.296 e. The number of hydrogen-bond acceptors (Lipinski definition) is 3. The van der Waals surface area contributed by atoms with Crippen molar-refractivity contribution in [2.24, 2.45) is 0 Å². The summed E-state index contributed by atoms with van der Waals surface area (Å²) in [5.41, 5.74) is 0.312. The van der Waals surface area contributed by atoms with Crippen LogP contribution in [-0.2, 0) is 6.18 Å². The number of aldehydes is 1. The van der Waals surface area contributed by atoms with Gasteiger partial charge in [-0.1, -0.05) is 11.3 Å². The molecule has 104 valence electrons. The molecule has 1 aliphatic carbocycles. The average Bonchev–Trinajstić information content (AvgIpc) is 3.17. The molecular formula is C13H10F3N3O. The molecule has 0 radical (unpaired) electrons. The van der Waals surface area contributed by atoms with Crippen molar-refractivity contribution in [3.8, 4) is 5.69 Å². The van der Waals surface area contributed by atoms with Crippen LogP contribution in [0.25, 0.3) is 5.69 Å². The van der Waals surface area contributed by atoms with Crippen molar-refractivity contribution in [1.82, 2.24) is 15.0 Å². The summed E-state index contributed by atoms with van der Waals surface area (Å²) in [6, 6.07) is 4.84. The molecule has 4 nitrogen and oxygen atoms in total. The Morgan fingerprint density at radius 2 is 2.05 bits per heavy atom. The van der Waals surface area contributed by atoms with Gasteiger partial charge in [-0.2, -0.15) is 13.2 Å². The highest BCUT2D eigenvalue weighted by atomic mass is 19.4. The molecular weight excluding hydrogens is 271 g/mol. The van der Waals surface area contributed by atoms with Gasteiger partial charge in [-0.15, -0.1) is 5.10 Å². The lowest BCUT2D eigenvalue weighted by atomic mass is 10.1. The summed E-state index contributed by atoms with van der Waals surface area (Å²) in [5.74, 6) is 0.153. The van der Waals surface area contributed by atoms with E-state index in [0.717, 1.165) is 25.0 Å². The number of nitrogens with zero attached hydrogens (tertiary/aromatic N) is 3. The van der Waals surface area contributed by atoms with Crippen molar-refractivity contribution in [3.05, 3.63) is 41.2 Å². The maximum absolute atomic E-state index is 12.7. The number of benzene rings is 1. The number of rotatable bonds is 3. The molecule has 0 amide bonds. The molecule has 1 aromatic heterocycles. The van der Waals surface area contributed by atoms with E-state index in [1.165, 1.54) is 16.8 Å². The molecule has 1 fully saturated rings. The molecule has 2 aromatic rings. The fourth-order valence-corrected chi connectivity index (χ4v) is 2.13. The van der Waals surface area contributed by atoms with Crippen molar-refractivity contribution in [3.63, 3.8) is 0 Å². The highest BCUT2D eigenvalue weighted by molar-refractivity contribution is 5.74. The third kappa shape index (κ3) is 2.19. The van der Waals surface area contributed by atoms with Gasteiger partial charge in [0.1, 0.15) is 5.69 Å². The van der Waals surface area contributed by atoms with E-state index < -0.39 is 11.7 Å². The fourth-order valence-electron chi connectivity index (χ4n) is 2.13. The molecule has 0 N–H and O–H groups in total. The standard InChI is InChI=1S/C13H10F3N3O/c14-13(15,16)9-2-1-3-10(6-9)19-12(8-4-5-8)11(7-20)17-18-19/h1-3,6-8H,4-5H2. The van der Waals surface area contributed by atoms with Crippen molar-refractivity contribution in [1.29, 1.82) is 0 Å². The summed E-state index contributed by atoms with van der Waals surface area (Å²) < 4.78 is 39.5. The van der Waals surface area contributed by atoms with Crippen LogP contribution in [0.5, 0.6) is 0 Å². The molecule has 1 aromatic carbocycles. The van der Waals surface area contributed by atoms with E-state index in [4.69, 9.17) is 0 Å².